The Morgan fingerprint density at radius 1 is 1.29 bits per heavy atom. The number of hydrogen-bond acceptors (Lipinski definition) is 5. The predicted molar refractivity (Wildman–Crippen MR) is 72.9 cm³/mol. The van der Waals surface area contributed by atoms with Gasteiger partial charge in [-0.1, -0.05) is 12.1 Å². The topological polar surface area (TPSA) is 116 Å². The maximum absolute atomic E-state index is 13.8. The van der Waals surface area contributed by atoms with Crippen molar-refractivity contribution in [1.29, 1.82) is 10.5 Å². The third-order valence-corrected chi connectivity index (χ3v) is 2.91. The summed E-state index contributed by atoms with van der Waals surface area (Å²) in [5, 5.41) is 18.4. The number of nitrogens with one attached hydrogen (secondary N) is 1. The summed E-state index contributed by atoms with van der Waals surface area (Å²) in [6.45, 7) is 0. The fourth-order valence-electron chi connectivity index (χ4n) is 2.03. The molecule has 0 unspecified atom stereocenters. The van der Waals surface area contributed by atoms with Gasteiger partial charge in [0.05, 0.1) is 7.11 Å². The average Bonchev–Trinajstić information content (AvgIpc) is 2.46. The molecule has 7 heteroatoms. The van der Waals surface area contributed by atoms with Crippen molar-refractivity contribution in [3.63, 3.8) is 0 Å². The van der Waals surface area contributed by atoms with Gasteiger partial charge in [0.15, 0.2) is 11.6 Å². The zero-order valence-electron chi connectivity index (χ0n) is 10.9. The molecule has 0 aliphatic heterocycles. The van der Waals surface area contributed by atoms with Crippen LogP contribution in [0.4, 0.5) is 10.2 Å². The molecule has 0 fully saturated rings. The van der Waals surface area contributed by atoms with Crippen LogP contribution in [0.2, 0.25) is 0 Å². The van der Waals surface area contributed by atoms with E-state index in [9.17, 15) is 14.4 Å². The lowest BCUT2D eigenvalue weighted by atomic mass is 9.96. The van der Waals surface area contributed by atoms with E-state index < -0.39 is 11.4 Å². The second kappa shape index (κ2) is 5.35. The van der Waals surface area contributed by atoms with Gasteiger partial charge in [-0.05, 0) is 6.07 Å². The maximum atomic E-state index is 13.8. The lowest BCUT2D eigenvalue weighted by Gasteiger charge is -2.12. The Balaban J connectivity index is 3.01. The van der Waals surface area contributed by atoms with Gasteiger partial charge in [0.25, 0.3) is 5.56 Å². The van der Waals surface area contributed by atoms with Gasteiger partial charge in [0.2, 0.25) is 0 Å². The van der Waals surface area contributed by atoms with E-state index in [2.05, 4.69) is 4.98 Å². The van der Waals surface area contributed by atoms with E-state index in [1.807, 2.05) is 6.07 Å². The SMILES string of the molecule is COc1c(F)cccc1-c1c(C#N)c(N)[nH]c(=O)c1C#N. The molecule has 1 aromatic heterocycles. The van der Waals surface area contributed by atoms with Crippen molar-refractivity contribution in [2.24, 2.45) is 0 Å². The zero-order valence-corrected chi connectivity index (χ0v) is 10.9. The van der Waals surface area contributed by atoms with Gasteiger partial charge in [-0.15, -0.1) is 0 Å². The number of nitrogen functional groups attached to an aromatic ring is 1. The van der Waals surface area contributed by atoms with E-state index in [1.165, 1.54) is 19.2 Å². The number of benzene rings is 1. The van der Waals surface area contributed by atoms with Crippen LogP contribution in [-0.2, 0) is 0 Å². The molecule has 2 aromatic rings. The second-order valence-corrected chi connectivity index (χ2v) is 4.04. The van der Waals surface area contributed by atoms with E-state index in [4.69, 9.17) is 15.7 Å². The Kier molecular flexibility index (Phi) is 3.59. The molecule has 1 aromatic carbocycles. The summed E-state index contributed by atoms with van der Waals surface area (Å²) >= 11 is 0. The highest BCUT2D eigenvalue weighted by molar-refractivity contribution is 5.83. The molecule has 2 rings (SSSR count). The summed E-state index contributed by atoms with van der Waals surface area (Å²) in [4.78, 5) is 14.0. The van der Waals surface area contributed by atoms with E-state index in [-0.39, 0.29) is 33.8 Å². The van der Waals surface area contributed by atoms with Crippen molar-refractivity contribution < 1.29 is 9.13 Å². The molecule has 0 saturated heterocycles. The number of H-pyrrole nitrogens is 1. The molecule has 21 heavy (non-hydrogen) atoms. The summed E-state index contributed by atoms with van der Waals surface area (Å²) in [5.41, 5.74) is 4.47. The van der Waals surface area contributed by atoms with Gasteiger partial charge in [0, 0.05) is 11.1 Å². The molecule has 0 aliphatic carbocycles. The number of hydrogen-bond donors (Lipinski definition) is 2. The third kappa shape index (κ3) is 2.17. The molecule has 0 radical (unpaired) electrons. The number of methoxy groups -OCH3 is 1. The standard InChI is InChI=1S/C14H9FN4O2/c1-21-12-7(3-2-4-10(12)15)11-8(5-16)13(18)19-14(20)9(11)6-17/h2-4H,1H3,(H3,18,19,20). The highest BCUT2D eigenvalue weighted by Gasteiger charge is 2.22. The predicted octanol–water partition coefficient (Wildman–Crippen LogP) is 1.52. The first-order valence-corrected chi connectivity index (χ1v) is 5.74. The number of aromatic nitrogens is 1. The van der Waals surface area contributed by atoms with Crippen LogP contribution in [-0.4, -0.2) is 12.1 Å². The minimum atomic E-state index is -0.754. The molecular formula is C14H9FN4O2. The van der Waals surface area contributed by atoms with Crippen LogP contribution < -0.4 is 16.0 Å². The highest BCUT2D eigenvalue weighted by Crippen LogP contribution is 2.36. The molecule has 6 nitrogen and oxygen atoms in total. The number of para-hydroxylation sites is 1. The van der Waals surface area contributed by atoms with E-state index in [0.717, 1.165) is 6.07 Å². The molecule has 0 saturated carbocycles. The van der Waals surface area contributed by atoms with Crippen molar-refractivity contribution >= 4 is 5.82 Å². The number of rotatable bonds is 2. The summed E-state index contributed by atoms with van der Waals surface area (Å²) in [7, 11) is 1.25. The largest absolute Gasteiger partial charge is 0.493 e. The number of ether oxygens (including phenoxy) is 1. The summed E-state index contributed by atoms with van der Waals surface area (Å²) in [6.07, 6.45) is 0. The van der Waals surface area contributed by atoms with Gasteiger partial charge >= 0.3 is 0 Å². The van der Waals surface area contributed by atoms with E-state index in [1.54, 1.807) is 6.07 Å². The molecule has 104 valence electrons. The Morgan fingerprint density at radius 2 is 1.95 bits per heavy atom. The number of halogens is 1. The molecule has 0 aliphatic rings. The first-order valence-electron chi connectivity index (χ1n) is 5.74. The van der Waals surface area contributed by atoms with E-state index >= 15 is 0 Å². The van der Waals surface area contributed by atoms with Crippen LogP contribution in [0.25, 0.3) is 11.1 Å². The molecule has 0 spiro atoms. The fourth-order valence-corrected chi connectivity index (χ4v) is 2.03. The van der Waals surface area contributed by atoms with Crippen molar-refractivity contribution in [3.05, 3.63) is 45.5 Å². The zero-order chi connectivity index (χ0) is 15.6. The van der Waals surface area contributed by atoms with Crippen molar-refractivity contribution in [3.8, 4) is 29.0 Å². The molecule has 3 N–H and O–H groups in total. The molecular weight excluding hydrogens is 275 g/mol. The van der Waals surface area contributed by atoms with Gasteiger partial charge in [-0.3, -0.25) is 4.79 Å². The van der Waals surface area contributed by atoms with Crippen LogP contribution in [0.3, 0.4) is 0 Å². The third-order valence-electron chi connectivity index (χ3n) is 2.91. The lowest BCUT2D eigenvalue weighted by Crippen LogP contribution is -2.16. The summed E-state index contributed by atoms with van der Waals surface area (Å²) in [6, 6.07) is 7.51. The first kappa shape index (κ1) is 14.1. The minimum absolute atomic E-state index is 0.0439. The Bertz CT molecular complexity index is 859. The lowest BCUT2D eigenvalue weighted by molar-refractivity contribution is 0.388. The van der Waals surface area contributed by atoms with Crippen molar-refractivity contribution in [2.45, 2.75) is 0 Å². The average molecular weight is 284 g/mol. The van der Waals surface area contributed by atoms with Crippen LogP contribution in [0.1, 0.15) is 11.1 Å². The molecule has 0 atom stereocenters. The first-order chi connectivity index (χ1) is 10.0. The number of nitriles is 2. The molecule has 0 amide bonds. The van der Waals surface area contributed by atoms with Gasteiger partial charge in [-0.25, -0.2) is 4.39 Å². The Labute approximate surface area is 118 Å². The normalized spacial score (nSPS) is 9.71. The maximum Gasteiger partial charge on any atom is 0.268 e. The molecule has 0 bridgehead atoms. The fraction of sp³-hybridized carbons (Fsp3) is 0.0714. The van der Waals surface area contributed by atoms with Crippen LogP contribution in [0, 0.1) is 28.5 Å². The monoisotopic (exact) mass is 284 g/mol. The van der Waals surface area contributed by atoms with Crippen LogP contribution in [0.5, 0.6) is 5.75 Å². The summed E-state index contributed by atoms with van der Waals surface area (Å²) in [5.74, 6) is -1.04. The Hall–Kier alpha value is -3.32. The number of aromatic amines is 1. The summed E-state index contributed by atoms with van der Waals surface area (Å²) < 4.78 is 18.8. The number of anilines is 1. The molecule has 1 heterocycles. The van der Waals surface area contributed by atoms with Crippen LogP contribution >= 0.6 is 0 Å². The number of pyridine rings is 1. The van der Waals surface area contributed by atoms with Crippen molar-refractivity contribution in [2.75, 3.05) is 12.8 Å². The van der Waals surface area contributed by atoms with Gasteiger partial charge in [-0.2, -0.15) is 10.5 Å². The van der Waals surface area contributed by atoms with Crippen LogP contribution in [0.15, 0.2) is 23.0 Å². The van der Waals surface area contributed by atoms with E-state index in [0.29, 0.717) is 0 Å². The minimum Gasteiger partial charge on any atom is -0.493 e. The number of nitrogens with zero attached hydrogens (tertiary/aromatic N) is 2. The number of nitrogens with two attached hydrogens (primary N) is 1. The highest BCUT2D eigenvalue weighted by atomic mass is 19.1. The Morgan fingerprint density at radius 3 is 2.52 bits per heavy atom. The quantitative estimate of drug-likeness (QED) is 0.867. The second-order valence-electron chi connectivity index (χ2n) is 4.04. The smallest absolute Gasteiger partial charge is 0.268 e. The van der Waals surface area contributed by atoms with Gasteiger partial charge in [0.1, 0.15) is 29.1 Å². The van der Waals surface area contributed by atoms with Gasteiger partial charge < -0.3 is 15.5 Å². The van der Waals surface area contributed by atoms with Crippen molar-refractivity contribution in [1.82, 2.24) is 4.98 Å².